The van der Waals surface area contributed by atoms with Crippen molar-refractivity contribution in [2.24, 2.45) is 16.6 Å². The van der Waals surface area contributed by atoms with Crippen LogP contribution in [-0.2, 0) is 0 Å². The van der Waals surface area contributed by atoms with Gasteiger partial charge in [0.1, 0.15) is 11.6 Å². The van der Waals surface area contributed by atoms with Crippen LogP contribution in [0.2, 0.25) is 0 Å². The fourth-order valence-corrected chi connectivity index (χ4v) is 4.09. The maximum absolute atomic E-state index is 14.0. The van der Waals surface area contributed by atoms with Crippen LogP contribution in [0.1, 0.15) is 40.0 Å². The number of hydrogen-bond donors (Lipinski definition) is 2. The van der Waals surface area contributed by atoms with Gasteiger partial charge in [0.2, 0.25) is 0 Å². The average Bonchev–Trinajstić information content (AvgIpc) is 2.69. The Hall–Kier alpha value is -2.70. The molecule has 0 saturated carbocycles. The Morgan fingerprint density at radius 1 is 1.37 bits per heavy atom. The minimum Gasteiger partial charge on any atom is -0.404 e. The number of rotatable bonds is 5. The third kappa shape index (κ3) is 4.89. The molecule has 0 fully saturated rings. The Bertz CT molecular complexity index is 893. The maximum atomic E-state index is 14.0. The summed E-state index contributed by atoms with van der Waals surface area (Å²) in [7, 11) is 1.62. The first-order valence-corrected chi connectivity index (χ1v) is 10.3. The molecule has 30 heavy (non-hydrogen) atoms. The highest BCUT2D eigenvalue weighted by Gasteiger charge is 2.34. The van der Waals surface area contributed by atoms with E-state index in [1.165, 1.54) is 6.20 Å². The second kappa shape index (κ2) is 8.98. The zero-order chi connectivity index (χ0) is 21.9. The molecule has 2 aliphatic rings. The van der Waals surface area contributed by atoms with Gasteiger partial charge >= 0.3 is 0 Å². The van der Waals surface area contributed by atoms with Crippen molar-refractivity contribution >= 4 is 17.9 Å². The lowest BCUT2D eigenvalue weighted by molar-refractivity contribution is 0.177. The van der Waals surface area contributed by atoms with E-state index < -0.39 is 12.3 Å². The Labute approximate surface area is 177 Å². The molecule has 2 heterocycles. The fraction of sp³-hybridized carbons (Fsp3) is 0.478. The molecule has 0 saturated heterocycles. The summed E-state index contributed by atoms with van der Waals surface area (Å²) in [4.78, 5) is 10.8. The van der Waals surface area contributed by atoms with E-state index in [0.29, 0.717) is 12.0 Å². The second-order valence-electron chi connectivity index (χ2n) is 8.76. The minimum atomic E-state index is -2.56. The normalized spacial score (nSPS) is 20.6. The van der Waals surface area contributed by atoms with Crippen LogP contribution in [0, 0.1) is 5.92 Å². The number of nitrogens with zero attached hydrogens (tertiary/aromatic N) is 3. The largest absolute Gasteiger partial charge is 0.404 e. The van der Waals surface area contributed by atoms with Gasteiger partial charge in [-0.15, -0.1) is 0 Å². The second-order valence-corrected chi connectivity index (χ2v) is 8.76. The number of pyridine rings is 1. The van der Waals surface area contributed by atoms with Gasteiger partial charge in [-0.3, -0.25) is 4.99 Å². The maximum Gasteiger partial charge on any atom is 0.260 e. The van der Waals surface area contributed by atoms with E-state index in [2.05, 4.69) is 36.0 Å². The molecule has 0 radical (unpaired) electrons. The molecule has 0 aromatic carbocycles. The van der Waals surface area contributed by atoms with E-state index in [9.17, 15) is 8.78 Å². The van der Waals surface area contributed by atoms with E-state index in [0.717, 1.165) is 42.3 Å². The summed E-state index contributed by atoms with van der Waals surface area (Å²) in [6.45, 7) is 6.97. The van der Waals surface area contributed by atoms with Crippen LogP contribution in [-0.4, -0.2) is 36.8 Å². The van der Waals surface area contributed by atoms with E-state index >= 15 is 0 Å². The SMILES string of the molecule is CN=CC(=CN)C1CC2=C(C=C1C(F)F)N(c1cccc(NC(C)(C)C)n1)CCC2. The molecule has 1 aliphatic heterocycles. The molecule has 0 bridgehead atoms. The number of alkyl halides is 2. The molecule has 3 rings (SSSR count). The van der Waals surface area contributed by atoms with Gasteiger partial charge in [-0.05, 0) is 75.6 Å². The summed E-state index contributed by atoms with van der Waals surface area (Å²) in [5.74, 6) is 1.09. The first-order chi connectivity index (χ1) is 14.2. The van der Waals surface area contributed by atoms with E-state index in [1.54, 1.807) is 19.3 Å². The van der Waals surface area contributed by atoms with E-state index in [1.807, 2.05) is 18.2 Å². The van der Waals surface area contributed by atoms with Crippen molar-refractivity contribution in [2.45, 2.75) is 52.0 Å². The zero-order valence-electron chi connectivity index (χ0n) is 18.1. The molecule has 1 unspecified atom stereocenters. The standard InChI is InChI=1S/C23H31F2N5/c1-23(2,3)29-20-8-5-9-21(28-20)30-10-6-7-15-11-17(16(13-26)14-27-4)18(22(24)25)12-19(15)30/h5,8-9,12-14,17,22H,6-7,10-11,26H2,1-4H3,(H,28,29). The molecule has 1 aliphatic carbocycles. The number of aliphatic imine (C=N–C) groups is 1. The van der Waals surface area contributed by atoms with Gasteiger partial charge in [-0.2, -0.15) is 0 Å². The number of hydrogen-bond acceptors (Lipinski definition) is 5. The summed E-state index contributed by atoms with van der Waals surface area (Å²) in [6, 6.07) is 5.80. The van der Waals surface area contributed by atoms with Crippen molar-refractivity contribution in [1.82, 2.24) is 4.98 Å². The number of allylic oxidation sites excluding steroid dienone is 4. The van der Waals surface area contributed by atoms with Gasteiger partial charge in [0.25, 0.3) is 6.43 Å². The van der Waals surface area contributed by atoms with Crippen molar-refractivity contribution in [3.63, 3.8) is 0 Å². The minimum absolute atomic E-state index is 0.0845. The molecule has 162 valence electrons. The van der Waals surface area contributed by atoms with Gasteiger partial charge < -0.3 is 16.0 Å². The highest BCUT2D eigenvalue weighted by Crippen LogP contribution is 2.42. The lowest BCUT2D eigenvalue weighted by Gasteiger charge is -2.37. The molecule has 1 atom stereocenters. The van der Waals surface area contributed by atoms with Crippen molar-refractivity contribution < 1.29 is 8.78 Å². The van der Waals surface area contributed by atoms with Gasteiger partial charge in [0.05, 0.1) is 0 Å². The van der Waals surface area contributed by atoms with Crippen LogP contribution >= 0.6 is 0 Å². The Morgan fingerprint density at radius 2 is 2.13 bits per heavy atom. The third-order valence-electron chi connectivity index (χ3n) is 5.31. The molecule has 0 spiro atoms. The lowest BCUT2D eigenvalue weighted by Crippen LogP contribution is -2.33. The van der Waals surface area contributed by atoms with Crippen molar-refractivity contribution in [1.29, 1.82) is 0 Å². The Morgan fingerprint density at radius 3 is 2.77 bits per heavy atom. The number of nitrogens with one attached hydrogen (secondary N) is 1. The van der Waals surface area contributed by atoms with Crippen LogP contribution in [0.3, 0.4) is 0 Å². The van der Waals surface area contributed by atoms with Crippen LogP contribution in [0.4, 0.5) is 20.4 Å². The van der Waals surface area contributed by atoms with Crippen LogP contribution in [0.25, 0.3) is 0 Å². The van der Waals surface area contributed by atoms with Gasteiger partial charge in [-0.25, -0.2) is 13.8 Å². The summed E-state index contributed by atoms with van der Waals surface area (Å²) in [6.07, 6.45) is 4.42. The quantitative estimate of drug-likeness (QED) is 0.671. The molecular formula is C23H31F2N5. The molecule has 1 aromatic heterocycles. The highest BCUT2D eigenvalue weighted by atomic mass is 19.3. The third-order valence-corrected chi connectivity index (χ3v) is 5.31. The summed E-state index contributed by atoms with van der Waals surface area (Å²) >= 11 is 0. The monoisotopic (exact) mass is 415 g/mol. The number of aromatic nitrogens is 1. The van der Waals surface area contributed by atoms with Crippen LogP contribution in [0.5, 0.6) is 0 Å². The van der Waals surface area contributed by atoms with Crippen molar-refractivity contribution in [3.8, 4) is 0 Å². The van der Waals surface area contributed by atoms with Crippen LogP contribution < -0.4 is 16.0 Å². The fourth-order valence-electron chi connectivity index (χ4n) is 4.09. The van der Waals surface area contributed by atoms with Gasteiger partial charge in [-0.1, -0.05) is 6.07 Å². The van der Waals surface area contributed by atoms with Gasteiger partial charge in [0.15, 0.2) is 0 Å². The number of halogens is 2. The Balaban J connectivity index is 1.99. The Kier molecular flexibility index (Phi) is 6.58. The summed E-state index contributed by atoms with van der Waals surface area (Å²) < 4.78 is 28.0. The topological polar surface area (TPSA) is 66.5 Å². The summed E-state index contributed by atoms with van der Waals surface area (Å²) in [5, 5.41) is 3.38. The predicted molar refractivity (Wildman–Crippen MR) is 120 cm³/mol. The van der Waals surface area contributed by atoms with Crippen LogP contribution in [0.15, 0.2) is 57.9 Å². The van der Waals surface area contributed by atoms with E-state index in [4.69, 9.17) is 10.7 Å². The number of anilines is 2. The molecular weight excluding hydrogens is 384 g/mol. The molecule has 5 nitrogen and oxygen atoms in total. The van der Waals surface area contributed by atoms with Crippen molar-refractivity contribution in [2.75, 3.05) is 23.8 Å². The number of nitrogens with two attached hydrogens (primary N) is 1. The molecule has 3 N–H and O–H groups in total. The highest BCUT2D eigenvalue weighted by molar-refractivity contribution is 5.80. The predicted octanol–water partition coefficient (Wildman–Crippen LogP) is 4.90. The zero-order valence-corrected chi connectivity index (χ0v) is 18.1. The summed E-state index contributed by atoms with van der Waals surface area (Å²) in [5.41, 5.74) is 8.34. The lowest BCUT2D eigenvalue weighted by atomic mass is 9.78. The molecule has 1 aromatic rings. The first kappa shape index (κ1) is 22.0. The average molecular weight is 416 g/mol. The molecule has 0 amide bonds. The van der Waals surface area contributed by atoms with Gasteiger partial charge in [0, 0.05) is 42.5 Å². The molecule has 7 heteroatoms. The first-order valence-electron chi connectivity index (χ1n) is 10.3. The van der Waals surface area contributed by atoms with Crippen molar-refractivity contribution in [3.05, 3.63) is 52.9 Å². The smallest absolute Gasteiger partial charge is 0.260 e. The van der Waals surface area contributed by atoms with E-state index in [-0.39, 0.29) is 11.1 Å².